The number of rotatable bonds is 14. The van der Waals surface area contributed by atoms with Gasteiger partial charge in [0.1, 0.15) is 29.3 Å². The summed E-state index contributed by atoms with van der Waals surface area (Å²) >= 11 is 0. The van der Waals surface area contributed by atoms with Gasteiger partial charge in [-0.1, -0.05) is 61.0 Å². The van der Waals surface area contributed by atoms with Crippen molar-refractivity contribution < 1.29 is 33.4 Å². The number of nitrogens with two attached hydrogens (primary N) is 1. The van der Waals surface area contributed by atoms with Crippen LogP contribution in [0.3, 0.4) is 0 Å². The van der Waals surface area contributed by atoms with Crippen LogP contribution in [-0.4, -0.2) is 64.5 Å². The van der Waals surface area contributed by atoms with Gasteiger partial charge >= 0.3 is 12.1 Å². The van der Waals surface area contributed by atoms with Gasteiger partial charge < -0.3 is 30.7 Å². The second-order valence-electron chi connectivity index (χ2n) is 13.8. The predicted octanol–water partition coefficient (Wildman–Crippen LogP) is 4.81. The van der Waals surface area contributed by atoms with Gasteiger partial charge in [0.2, 0.25) is 17.7 Å². The van der Waals surface area contributed by atoms with E-state index in [1.54, 1.807) is 41.5 Å². The van der Waals surface area contributed by atoms with Crippen LogP contribution in [0.1, 0.15) is 96.0 Å². The van der Waals surface area contributed by atoms with Crippen LogP contribution in [0.2, 0.25) is 0 Å². The van der Waals surface area contributed by atoms with Gasteiger partial charge in [-0.15, -0.1) is 0 Å². The lowest BCUT2D eigenvalue weighted by Gasteiger charge is -2.36. The maximum Gasteiger partial charge on any atom is 0.408 e. The smallest absolute Gasteiger partial charge is 0.408 e. The molecule has 2 aromatic carbocycles. The Balaban J connectivity index is 2.64. The monoisotopic (exact) mass is 652 g/mol. The molecule has 4 amide bonds. The molecule has 0 radical (unpaired) electrons. The number of ether oxygens (including phenoxy) is 2. The number of carbonyl (C=O) groups excluding carboxylic acids is 5. The first kappa shape index (κ1) is 38.8. The number of nitrogens with one attached hydrogen (secondary N) is 2. The van der Waals surface area contributed by atoms with Crippen molar-refractivity contribution in [3.8, 4) is 0 Å². The Labute approximate surface area is 278 Å². The van der Waals surface area contributed by atoms with Crippen LogP contribution in [0.15, 0.2) is 48.5 Å². The summed E-state index contributed by atoms with van der Waals surface area (Å²) in [5.41, 5.74) is 6.73. The molecule has 11 heteroatoms. The van der Waals surface area contributed by atoms with Gasteiger partial charge in [0.15, 0.2) is 0 Å². The summed E-state index contributed by atoms with van der Waals surface area (Å²) in [6.07, 6.45) is -0.524. The summed E-state index contributed by atoms with van der Waals surface area (Å²) in [4.78, 5) is 68.3. The Hall–Kier alpha value is -4.41. The average Bonchev–Trinajstić information content (AvgIpc) is 2.94. The molecule has 0 aliphatic rings. The lowest BCUT2D eigenvalue weighted by atomic mass is 9.95. The minimum Gasteiger partial charge on any atom is -0.458 e. The molecule has 0 heterocycles. The zero-order valence-corrected chi connectivity index (χ0v) is 29.3. The van der Waals surface area contributed by atoms with E-state index >= 15 is 0 Å². The largest absolute Gasteiger partial charge is 0.458 e. The van der Waals surface area contributed by atoms with Crippen molar-refractivity contribution in [2.24, 2.45) is 5.73 Å². The van der Waals surface area contributed by atoms with Crippen LogP contribution >= 0.6 is 0 Å². The number of hydrogen-bond acceptors (Lipinski definition) is 7. The standard InChI is InChI=1S/C36H52N4O7/c1-10-20-40(32(43)27(18-19-29(37)41)39-34(45)47-36(7,8)9)30(26-21-23(2)16-17-24(26)3)31(42)38-28(33(44)46-35(4,5)6)22-25-14-12-11-13-15-25/h11-17,21,27-28,30H,10,18-20,22H2,1-9H3,(H2,37,41)(H,38,42)(H,39,45). The summed E-state index contributed by atoms with van der Waals surface area (Å²) in [6, 6.07) is 11.3. The van der Waals surface area contributed by atoms with Crippen molar-refractivity contribution in [3.05, 3.63) is 70.8 Å². The first-order valence-electron chi connectivity index (χ1n) is 16.0. The normalized spacial score (nSPS) is 13.5. The van der Waals surface area contributed by atoms with E-state index in [0.717, 1.165) is 16.7 Å². The molecule has 0 saturated carbocycles. The molecule has 0 aliphatic heterocycles. The topological polar surface area (TPSA) is 157 Å². The number of carbonyl (C=O) groups is 5. The van der Waals surface area contributed by atoms with Gasteiger partial charge in [-0.3, -0.25) is 14.4 Å². The molecule has 0 aromatic heterocycles. The molecular formula is C36H52N4O7. The Bertz CT molecular complexity index is 1400. The maximum absolute atomic E-state index is 14.5. The molecule has 2 aromatic rings. The van der Waals surface area contributed by atoms with Crippen molar-refractivity contribution in [1.29, 1.82) is 0 Å². The minimum absolute atomic E-state index is 0.108. The number of benzene rings is 2. The fraction of sp³-hybridized carbons (Fsp3) is 0.528. The van der Waals surface area contributed by atoms with E-state index in [-0.39, 0.29) is 25.8 Å². The number of aryl methyl sites for hydroxylation is 2. The van der Waals surface area contributed by atoms with Crippen molar-refractivity contribution in [3.63, 3.8) is 0 Å². The first-order valence-corrected chi connectivity index (χ1v) is 16.0. The molecule has 0 fully saturated rings. The Morgan fingerprint density at radius 3 is 2.02 bits per heavy atom. The van der Waals surface area contributed by atoms with Crippen LogP contribution in [0.5, 0.6) is 0 Å². The number of esters is 1. The van der Waals surface area contributed by atoms with E-state index in [2.05, 4.69) is 10.6 Å². The van der Waals surface area contributed by atoms with E-state index < -0.39 is 59.1 Å². The summed E-state index contributed by atoms with van der Waals surface area (Å²) in [5, 5.41) is 5.48. The molecule has 3 unspecified atom stereocenters. The third-order valence-electron chi connectivity index (χ3n) is 7.00. The van der Waals surface area contributed by atoms with Crippen LogP contribution in [0, 0.1) is 13.8 Å². The zero-order chi connectivity index (χ0) is 35.5. The Morgan fingerprint density at radius 2 is 1.47 bits per heavy atom. The van der Waals surface area contributed by atoms with Gasteiger partial charge in [0.05, 0.1) is 0 Å². The highest BCUT2D eigenvalue weighted by Crippen LogP contribution is 2.28. The van der Waals surface area contributed by atoms with E-state index in [9.17, 15) is 24.0 Å². The Morgan fingerprint density at radius 1 is 0.851 bits per heavy atom. The van der Waals surface area contributed by atoms with Crippen molar-refractivity contribution in [1.82, 2.24) is 15.5 Å². The second-order valence-corrected chi connectivity index (χ2v) is 13.8. The SMILES string of the molecule is CCCN(C(=O)C(CCC(N)=O)NC(=O)OC(C)(C)C)C(C(=O)NC(Cc1ccccc1)C(=O)OC(C)(C)C)c1cc(C)ccc1C. The summed E-state index contributed by atoms with van der Waals surface area (Å²) < 4.78 is 11.1. The third kappa shape index (κ3) is 13.1. The molecule has 0 bridgehead atoms. The van der Waals surface area contributed by atoms with Crippen molar-refractivity contribution in [2.45, 2.75) is 117 Å². The molecule has 4 N–H and O–H groups in total. The van der Waals surface area contributed by atoms with E-state index in [0.29, 0.717) is 12.0 Å². The number of nitrogens with zero attached hydrogens (tertiary/aromatic N) is 1. The van der Waals surface area contributed by atoms with Crippen LogP contribution in [-0.2, 0) is 35.1 Å². The Kier molecular flexibility index (Phi) is 14.0. The number of hydrogen-bond donors (Lipinski definition) is 3. The third-order valence-corrected chi connectivity index (χ3v) is 7.00. The lowest BCUT2D eigenvalue weighted by Crippen LogP contribution is -2.55. The average molecular weight is 653 g/mol. The zero-order valence-electron chi connectivity index (χ0n) is 29.3. The summed E-state index contributed by atoms with van der Waals surface area (Å²) in [7, 11) is 0. The van der Waals surface area contributed by atoms with E-state index in [1.165, 1.54) is 4.90 Å². The summed E-state index contributed by atoms with van der Waals surface area (Å²) in [6.45, 7) is 16.0. The quantitative estimate of drug-likeness (QED) is 0.247. The molecule has 3 atom stereocenters. The second kappa shape index (κ2) is 16.9. The van der Waals surface area contributed by atoms with Crippen molar-refractivity contribution in [2.75, 3.05) is 6.54 Å². The van der Waals surface area contributed by atoms with Crippen LogP contribution in [0.25, 0.3) is 0 Å². The van der Waals surface area contributed by atoms with Gasteiger partial charge in [-0.2, -0.15) is 0 Å². The molecule has 0 aliphatic carbocycles. The molecule has 258 valence electrons. The van der Waals surface area contributed by atoms with E-state index in [4.69, 9.17) is 15.2 Å². The number of primary amides is 1. The molecule has 0 saturated heterocycles. The van der Waals surface area contributed by atoms with Gasteiger partial charge in [-0.05, 0) is 84.9 Å². The fourth-order valence-electron chi connectivity index (χ4n) is 4.97. The predicted molar refractivity (Wildman–Crippen MR) is 180 cm³/mol. The molecule has 0 spiro atoms. The highest BCUT2D eigenvalue weighted by atomic mass is 16.6. The number of alkyl carbamates (subject to hydrolysis) is 1. The van der Waals surface area contributed by atoms with E-state index in [1.807, 2.05) is 69.3 Å². The van der Waals surface area contributed by atoms with Crippen LogP contribution < -0.4 is 16.4 Å². The van der Waals surface area contributed by atoms with Crippen LogP contribution in [0.4, 0.5) is 4.79 Å². The minimum atomic E-state index is -1.23. The van der Waals surface area contributed by atoms with Gasteiger partial charge in [0.25, 0.3) is 0 Å². The molecule has 2 rings (SSSR count). The van der Waals surface area contributed by atoms with Gasteiger partial charge in [-0.25, -0.2) is 9.59 Å². The summed E-state index contributed by atoms with van der Waals surface area (Å²) in [5.74, 6) is -2.47. The lowest BCUT2D eigenvalue weighted by molar-refractivity contribution is -0.159. The first-order chi connectivity index (χ1) is 21.8. The van der Waals surface area contributed by atoms with Crippen molar-refractivity contribution >= 4 is 29.8 Å². The highest BCUT2D eigenvalue weighted by molar-refractivity contribution is 5.94. The maximum atomic E-state index is 14.5. The highest BCUT2D eigenvalue weighted by Gasteiger charge is 2.38. The molecule has 47 heavy (non-hydrogen) atoms. The molecular weight excluding hydrogens is 600 g/mol. The van der Waals surface area contributed by atoms with Gasteiger partial charge in [0, 0.05) is 19.4 Å². The number of amides is 4. The fourth-order valence-corrected chi connectivity index (χ4v) is 4.97. The molecule has 11 nitrogen and oxygen atoms in total.